The van der Waals surface area contributed by atoms with Gasteiger partial charge in [-0.3, -0.25) is 0 Å². The Morgan fingerprint density at radius 2 is 1.92 bits per heavy atom. The maximum absolute atomic E-state index is 8.85. The lowest BCUT2D eigenvalue weighted by atomic mass is 9.86. The van der Waals surface area contributed by atoms with E-state index in [1.807, 2.05) is 0 Å². The summed E-state index contributed by atoms with van der Waals surface area (Å²) in [5.41, 5.74) is 5.74. The highest BCUT2D eigenvalue weighted by Gasteiger charge is 2.17. The van der Waals surface area contributed by atoms with Crippen LogP contribution in [0.4, 0.5) is 0 Å². The van der Waals surface area contributed by atoms with E-state index in [0.29, 0.717) is 11.8 Å². The molecule has 0 aromatic heterocycles. The third-order valence-corrected chi connectivity index (χ3v) is 2.80. The Morgan fingerprint density at radius 1 is 1.33 bits per heavy atom. The van der Waals surface area contributed by atoms with Crippen LogP contribution in [0.5, 0.6) is 0 Å². The molecule has 0 aromatic carbocycles. The fourth-order valence-corrected chi connectivity index (χ4v) is 1.38. The van der Waals surface area contributed by atoms with Crippen LogP contribution in [0.1, 0.15) is 40.0 Å². The second-order valence-corrected chi connectivity index (χ2v) is 3.83. The lowest BCUT2D eigenvalue weighted by Crippen LogP contribution is -2.35. The first kappa shape index (κ1) is 11.9. The quantitative estimate of drug-likeness (QED) is 0.643. The third kappa shape index (κ3) is 4.07. The van der Waals surface area contributed by atoms with Crippen LogP contribution in [0.2, 0.25) is 0 Å². The largest absolute Gasteiger partial charge is 0.395 e. The van der Waals surface area contributed by atoms with Crippen LogP contribution < -0.4 is 5.73 Å². The van der Waals surface area contributed by atoms with Gasteiger partial charge in [0.2, 0.25) is 0 Å². The first-order valence-electron chi connectivity index (χ1n) is 4.99. The van der Waals surface area contributed by atoms with Crippen molar-refractivity contribution in [2.24, 2.45) is 17.6 Å². The van der Waals surface area contributed by atoms with Crippen molar-refractivity contribution in [1.82, 2.24) is 0 Å². The van der Waals surface area contributed by atoms with Crippen molar-refractivity contribution >= 4 is 0 Å². The predicted molar refractivity (Wildman–Crippen MR) is 52.9 cm³/mol. The number of hydrogen-bond donors (Lipinski definition) is 2. The molecule has 0 aromatic rings. The predicted octanol–water partition coefficient (Wildman–Crippen LogP) is 1.77. The van der Waals surface area contributed by atoms with E-state index >= 15 is 0 Å². The average Bonchev–Trinajstić information content (AvgIpc) is 2.11. The molecule has 0 aliphatic rings. The number of hydrogen-bond acceptors (Lipinski definition) is 2. The van der Waals surface area contributed by atoms with Crippen LogP contribution in [0.15, 0.2) is 0 Å². The van der Waals surface area contributed by atoms with E-state index in [0.717, 1.165) is 0 Å². The van der Waals surface area contributed by atoms with Gasteiger partial charge in [0, 0.05) is 6.04 Å². The molecule has 0 amide bonds. The fraction of sp³-hybridized carbons (Fsp3) is 1.00. The van der Waals surface area contributed by atoms with Gasteiger partial charge in [0.05, 0.1) is 6.61 Å². The van der Waals surface area contributed by atoms with Crippen molar-refractivity contribution in [3.63, 3.8) is 0 Å². The standard InChI is InChI=1S/C10H23NO/c1-4-5-6-8(2)9(3)10(11)7-12/h8-10,12H,4-7,11H2,1-3H3. The van der Waals surface area contributed by atoms with E-state index in [-0.39, 0.29) is 12.6 Å². The second-order valence-electron chi connectivity index (χ2n) is 3.83. The minimum Gasteiger partial charge on any atom is -0.395 e. The molecule has 0 radical (unpaired) electrons. The highest BCUT2D eigenvalue weighted by atomic mass is 16.3. The molecule has 0 saturated carbocycles. The fourth-order valence-electron chi connectivity index (χ4n) is 1.38. The third-order valence-electron chi connectivity index (χ3n) is 2.80. The maximum Gasteiger partial charge on any atom is 0.0585 e. The normalized spacial score (nSPS) is 18.8. The number of unbranched alkanes of at least 4 members (excludes halogenated alkanes) is 1. The lowest BCUT2D eigenvalue weighted by Gasteiger charge is -2.24. The second kappa shape index (κ2) is 6.44. The molecule has 2 heteroatoms. The molecule has 0 bridgehead atoms. The summed E-state index contributed by atoms with van der Waals surface area (Å²) in [6.45, 7) is 6.65. The minimum absolute atomic E-state index is 0.0446. The number of nitrogens with two attached hydrogens (primary N) is 1. The molecule has 2 nitrogen and oxygen atoms in total. The van der Waals surface area contributed by atoms with Gasteiger partial charge in [-0.25, -0.2) is 0 Å². The topological polar surface area (TPSA) is 46.2 Å². The first-order valence-corrected chi connectivity index (χ1v) is 4.99. The molecular formula is C10H23NO. The van der Waals surface area contributed by atoms with Crippen LogP contribution in [-0.2, 0) is 0 Å². The summed E-state index contributed by atoms with van der Waals surface area (Å²) in [7, 11) is 0. The average molecular weight is 173 g/mol. The summed E-state index contributed by atoms with van der Waals surface area (Å²) in [6.07, 6.45) is 3.74. The van der Waals surface area contributed by atoms with Gasteiger partial charge in [-0.05, 0) is 11.8 Å². The van der Waals surface area contributed by atoms with Gasteiger partial charge >= 0.3 is 0 Å². The van der Waals surface area contributed by atoms with Gasteiger partial charge in [-0.15, -0.1) is 0 Å². The maximum atomic E-state index is 8.85. The van der Waals surface area contributed by atoms with Gasteiger partial charge in [0.25, 0.3) is 0 Å². The van der Waals surface area contributed by atoms with Gasteiger partial charge in [-0.2, -0.15) is 0 Å². The zero-order chi connectivity index (χ0) is 9.56. The molecule has 0 aliphatic heterocycles. The van der Waals surface area contributed by atoms with E-state index in [2.05, 4.69) is 20.8 Å². The number of aliphatic hydroxyl groups excluding tert-OH is 1. The van der Waals surface area contributed by atoms with Crippen molar-refractivity contribution in [3.05, 3.63) is 0 Å². The molecule has 0 fully saturated rings. The summed E-state index contributed by atoms with van der Waals surface area (Å²) in [5.74, 6) is 1.06. The summed E-state index contributed by atoms with van der Waals surface area (Å²) >= 11 is 0. The van der Waals surface area contributed by atoms with Gasteiger partial charge < -0.3 is 10.8 Å². The Balaban J connectivity index is 3.67. The molecule has 12 heavy (non-hydrogen) atoms. The molecule has 3 unspecified atom stereocenters. The minimum atomic E-state index is -0.0446. The lowest BCUT2D eigenvalue weighted by molar-refractivity contribution is 0.197. The van der Waals surface area contributed by atoms with Gasteiger partial charge in [0.1, 0.15) is 0 Å². The Labute approximate surface area is 76.2 Å². The number of aliphatic hydroxyl groups is 1. The molecule has 3 atom stereocenters. The molecule has 0 aliphatic carbocycles. The zero-order valence-corrected chi connectivity index (χ0v) is 8.59. The van der Waals surface area contributed by atoms with Crippen LogP contribution in [-0.4, -0.2) is 17.8 Å². The Morgan fingerprint density at radius 3 is 2.33 bits per heavy atom. The smallest absolute Gasteiger partial charge is 0.0585 e. The Bertz CT molecular complexity index is 106. The van der Waals surface area contributed by atoms with Crippen molar-refractivity contribution in [1.29, 1.82) is 0 Å². The molecule has 0 spiro atoms. The first-order chi connectivity index (χ1) is 5.63. The van der Waals surface area contributed by atoms with E-state index in [1.54, 1.807) is 0 Å². The summed E-state index contributed by atoms with van der Waals surface area (Å²) in [6, 6.07) is -0.0446. The van der Waals surface area contributed by atoms with Crippen LogP contribution in [0, 0.1) is 11.8 Å². The summed E-state index contributed by atoms with van der Waals surface area (Å²) < 4.78 is 0. The van der Waals surface area contributed by atoms with Gasteiger partial charge in [0.15, 0.2) is 0 Å². The zero-order valence-electron chi connectivity index (χ0n) is 8.59. The van der Waals surface area contributed by atoms with Crippen molar-refractivity contribution in [3.8, 4) is 0 Å². The van der Waals surface area contributed by atoms with E-state index < -0.39 is 0 Å². The SMILES string of the molecule is CCCCC(C)C(C)C(N)CO. The molecular weight excluding hydrogens is 150 g/mol. The molecule has 0 rings (SSSR count). The van der Waals surface area contributed by atoms with E-state index in [1.165, 1.54) is 19.3 Å². The Kier molecular flexibility index (Phi) is 6.39. The monoisotopic (exact) mass is 173 g/mol. The van der Waals surface area contributed by atoms with Crippen LogP contribution in [0.3, 0.4) is 0 Å². The van der Waals surface area contributed by atoms with Gasteiger partial charge in [-0.1, -0.05) is 40.0 Å². The van der Waals surface area contributed by atoms with E-state index in [9.17, 15) is 0 Å². The van der Waals surface area contributed by atoms with E-state index in [4.69, 9.17) is 10.8 Å². The molecule has 74 valence electrons. The Hall–Kier alpha value is -0.0800. The van der Waals surface area contributed by atoms with Crippen molar-refractivity contribution < 1.29 is 5.11 Å². The van der Waals surface area contributed by atoms with Crippen LogP contribution in [0.25, 0.3) is 0 Å². The molecule has 0 heterocycles. The van der Waals surface area contributed by atoms with Crippen molar-refractivity contribution in [2.75, 3.05) is 6.61 Å². The summed E-state index contributed by atoms with van der Waals surface area (Å²) in [4.78, 5) is 0. The van der Waals surface area contributed by atoms with Crippen LogP contribution >= 0.6 is 0 Å². The number of rotatable bonds is 6. The highest BCUT2D eigenvalue weighted by Crippen LogP contribution is 2.19. The van der Waals surface area contributed by atoms with Crippen molar-refractivity contribution in [2.45, 2.75) is 46.1 Å². The molecule has 0 saturated heterocycles. The summed E-state index contributed by atoms with van der Waals surface area (Å²) in [5, 5.41) is 8.85. The molecule has 3 N–H and O–H groups in total. The highest BCUT2D eigenvalue weighted by molar-refractivity contribution is 4.72.